The maximum Gasteiger partial charge on any atom is 0.356 e. The van der Waals surface area contributed by atoms with Gasteiger partial charge in [-0.15, -0.1) is 0 Å². The lowest BCUT2D eigenvalue weighted by Gasteiger charge is -1.96. The molecule has 1 aromatic heterocycles. The van der Waals surface area contributed by atoms with E-state index in [1.54, 1.807) is 6.92 Å². The first-order valence-corrected chi connectivity index (χ1v) is 3.12. The summed E-state index contributed by atoms with van der Waals surface area (Å²) in [7, 11) is 1.32. The van der Waals surface area contributed by atoms with Crippen LogP contribution in [0.2, 0.25) is 0 Å². The zero-order valence-electron chi connectivity index (χ0n) is 6.37. The Morgan fingerprint density at radius 2 is 2.36 bits per heavy atom. The van der Waals surface area contributed by atoms with Gasteiger partial charge in [0, 0.05) is 6.20 Å². The van der Waals surface area contributed by atoms with Crippen molar-refractivity contribution in [3.05, 3.63) is 23.8 Å². The van der Waals surface area contributed by atoms with Crippen LogP contribution >= 0.6 is 0 Å². The predicted octanol–water partition coefficient (Wildman–Crippen LogP) is 0.572. The number of esters is 1. The minimum atomic E-state index is -0.435. The van der Waals surface area contributed by atoms with Crippen molar-refractivity contribution in [3.8, 4) is 0 Å². The summed E-state index contributed by atoms with van der Waals surface area (Å²) < 4.78 is 4.46. The average Bonchev–Trinajstić information content (AvgIpc) is 2.03. The molecular weight excluding hydrogens is 144 g/mol. The number of ether oxygens (including phenoxy) is 1. The summed E-state index contributed by atoms with van der Waals surface area (Å²) in [6, 6.07) is 1.51. The second-order valence-corrected chi connectivity index (χ2v) is 1.98. The first-order chi connectivity index (χ1) is 5.24. The van der Waals surface area contributed by atoms with Crippen molar-refractivity contribution in [2.45, 2.75) is 6.92 Å². The van der Waals surface area contributed by atoms with Crippen molar-refractivity contribution in [1.82, 2.24) is 9.97 Å². The number of carbonyl (C=O) groups excluding carboxylic acids is 1. The molecule has 0 N–H and O–H groups in total. The van der Waals surface area contributed by atoms with Gasteiger partial charge in [0.25, 0.3) is 0 Å². The van der Waals surface area contributed by atoms with Crippen molar-refractivity contribution in [3.63, 3.8) is 0 Å². The lowest BCUT2D eigenvalue weighted by atomic mass is 10.4. The van der Waals surface area contributed by atoms with Crippen molar-refractivity contribution >= 4 is 5.97 Å². The molecule has 0 atom stereocenters. The SMILES string of the molecule is COC(=O)c1ccnc(C)n1. The molecular formula is C7H8N2O2. The van der Waals surface area contributed by atoms with Gasteiger partial charge in [0.2, 0.25) is 0 Å². The van der Waals surface area contributed by atoms with Gasteiger partial charge in [-0.25, -0.2) is 14.8 Å². The monoisotopic (exact) mass is 152 g/mol. The number of rotatable bonds is 1. The third-order valence-corrected chi connectivity index (χ3v) is 1.17. The van der Waals surface area contributed by atoms with E-state index in [0.29, 0.717) is 11.5 Å². The van der Waals surface area contributed by atoms with Crippen LogP contribution in [0, 0.1) is 6.92 Å². The Morgan fingerprint density at radius 3 is 2.91 bits per heavy atom. The molecule has 0 bridgehead atoms. The van der Waals surface area contributed by atoms with Crippen LogP contribution in [-0.2, 0) is 4.74 Å². The maximum atomic E-state index is 10.9. The summed E-state index contributed by atoms with van der Waals surface area (Å²) in [4.78, 5) is 18.5. The highest BCUT2D eigenvalue weighted by atomic mass is 16.5. The number of hydrogen-bond donors (Lipinski definition) is 0. The van der Waals surface area contributed by atoms with E-state index in [1.807, 2.05) is 0 Å². The molecule has 58 valence electrons. The fourth-order valence-corrected chi connectivity index (χ4v) is 0.674. The van der Waals surface area contributed by atoms with Gasteiger partial charge >= 0.3 is 5.97 Å². The molecule has 0 fully saturated rings. The van der Waals surface area contributed by atoms with Crippen LogP contribution in [0.3, 0.4) is 0 Å². The van der Waals surface area contributed by atoms with E-state index in [0.717, 1.165) is 0 Å². The quantitative estimate of drug-likeness (QED) is 0.552. The van der Waals surface area contributed by atoms with Crippen LogP contribution in [-0.4, -0.2) is 23.0 Å². The Kier molecular flexibility index (Phi) is 2.15. The zero-order valence-corrected chi connectivity index (χ0v) is 6.37. The van der Waals surface area contributed by atoms with Crippen LogP contribution < -0.4 is 0 Å². The molecule has 0 aliphatic rings. The third-order valence-electron chi connectivity index (χ3n) is 1.17. The highest BCUT2D eigenvalue weighted by Gasteiger charge is 2.05. The van der Waals surface area contributed by atoms with E-state index in [2.05, 4.69) is 14.7 Å². The summed E-state index contributed by atoms with van der Waals surface area (Å²) in [5, 5.41) is 0. The summed E-state index contributed by atoms with van der Waals surface area (Å²) in [6.07, 6.45) is 1.52. The molecule has 1 heterocycles. The molecule has 0 spiro atoms. The van der Waals surface area contributed by atoms with Crippen LogP contribution in [0.1, 0.15) is 16.3 Å². The molecule has 1 rings (SSSR count). The number of carbonyl (C=O) groups is 1. The van der Waals surface area contributed by atoms with Crippen LogP contribution in [0.25, 0.3) is 0 Å². The number of nitrogens with zero attached hydrogens (tertiary/aromatic N) is 2. The standard InChI is InChI=1S/C7H8N2O2/c1-5-8-4-3-6(9-5)7(10)11-2/h3-4H,1-2H3. The van der Waals surface area contributed by atoms with Gasteiger partial charge in [-0.05, 0) is 13.0 Å². The molecule has 0 radical (unpaired) electrons. The molecule has 0 unspecified atom stereocenters. The van der Waals surface area contributed by atoms with Crippen LogP contribution in [0.4, 0.5) is 0 Å². The minimum Gasteiger partial charge on any atom is -0.464 e. The summed E-state index contributed by atoms with van der Waals surface area (Å²) >= 11 is 0. The minimum absolute atomic E-state index is 0.292. The zero-order chi connectivity index (χ0) is 8.27. The topological polar surface area (TPSA) is 52.1 Å². The van der Waals surface area contributed by atoms with E-state index in [-0.39, 0.29) is 0 Å². The molecule has 0 saturated heterocycles. The van der Waals surface area contributed by atoms with Crippen molar-refractivity contribution < 1.29 is 9.53 Å². The number of aryl methyl sites for hydroxylation is 1. The Hall–Kier alpha value is -1.45. The van der Waals surface area contributed by atoms with Gasteiger partial charge in [-0.2, -0.15) is 0 Å². The van der Waals surface area contributed by atoms with E-state index in [4.69, 9.17) is 0 Å². The maximum absolute atomic E-state index is 10.9. The van der Waals surface area contributed by atoms with E-state index >= 15 is 0 Å². The fraction of sp³-hybridized carbons (Fsp3) is 0.286. The Morgan fingerprint density at radius 1 is 1.64 bits per heavy atom. The Labute approximate surface area is 64.2 Å². The van der Waals surface area contributed by atoms with Gasteiger partial charge in [0.15, 0.2) is 5.69 Å². The van der Waals surface area contributed by atoms with Gasteiger partial charge in [-0.3, -0.25) is 0 Å². The second kappa shape index (κ2) is 3.09. The van der Waals surface area contributed by atoms with Crippen LogP contribution in [0.5, 0.6) is 0 Å². The molecule has 0 aliphatic carbocycles. The molecule has 0 amide bonds. The second-order valence-electron chi connectivity index (χ2n) is 1.98. The summed E-state index contributed by atoms with van der Waals surface area (Å²) in [6.45, 7) is 1.71. The number of hydrogen-bond acceptors (Lipinski definition) is 4. The van der Waals surface area contributed by atoms with Gasteiger partial charge in [0.1, 0.15) is 5.82 Å². The lowest BCUT2D eigenvalue weighted by molar-refractivity contribution is 0.0593. The molecule has 0 aromatic carbocycles. The summed E-state index contributed by atoms with van der Waals surface area (Å²) in [5.74, 6) is 0.128. The Balaban J connectivity index is 2.96. The summed E-state index contributed by atoms with van der Waals surface area (Å²) in [5.41, 5.74) is 0.292. The van der Waals surface area contributed by atoms with Gasteiger partial charge < -0.3 is 4.74 Å². The fourth-order valence-electron chi connectivity index (χ4n) is 0.674. The van der Waals surface area contributed by atoms with Gasteiger partial charge in [-0.1, -0.05) is 0 Å². The first-order valence-electron chi connectivity index (χ1n) is 3.12. The largest absolute Gasteiger partial charge is 0.464 e. The smallest absolute Gasteiger partial charge is 0.356 e. The molecule has 1 aromatic rings. The van der Waals surface area contributed by atoms with E-state index in [1.165, 1.54) is 19.4 Å². The van der Waals surface area contributed by atoms with Crippen LogP contribution in [0.15, 0.2) is 12.3 Å². The lowest BCUT2D eigenvalue weighted by Crippen LogP contribution is -2.05. The van der Waals surface area contributed by atoms with Crippen molar-refractivity contribution in [2.75, 3.05) is 7.11 Å². The number of aromatic nitrogens is 2. The molecule has 4 heteroatoms. The van der Waals surface area contributed by atoms with E-state index < -0.39 is 5.97 Å². The highest BCUT2D eigenvalue weighted by molar-refractivity contribution is 5.86. The molecule has 0 saturated carbocycles. The molecule has 11 heavy (non-hydrogen) atoms. The van der Waals surface area contributed by atoms with E-state index in [9.17, 15) is 4.79 Å². The highest BCUT2D eigenvalue weighted by Crippen LogP contribution is 1.95. The predicted molar refractivity (Wildman–Crippen MR) is 38.1 cm³/mol. The average molecular weight is 152 g/mol. The molecule has 4 nitrogen and oxygen atoms in total. The van der Waals surface area contributed by atoms with Crippen molar-refractivity contribution in [1.29, 1.82) is 0 Å². The third kappa shape index (κ3) is 1.73. The normalized spacial score (nSPS) is 9.27. The van der Waals surface area contributed by atoms with Crippen molar-refractivity contribution in [2.24, 2.45) is 0 Å². The van der Waals surface area contributed by atoms with Gasteiger partial charge in [0.05, 0.1) is 7.11 Å². The molecule has 0 aliphatic heterocycles. The Bertz CT molecular complexity index is 273. The first kappa shape index (κ1) is 7.65. The number of methoxy groups -OCH3 is 1.